The SMILES string of the molecule is Cc1cc(C)cc(Oc2ncnc(NCc3ccco3)c2N)c1. The van der Waals surface area contributed by atoms with Crippen molar-refractivity contribution in [3.8, 4) is 11.6 Å². The van der Waals surface area contributed by atoms with Crippen molar-refractivity contribution in [2.75, 3.05) is 11.1 Å². The van der Waals surface area contributed by atoms with E-state index in [0.29, 0.717) is 29.7 Å². The minimum atomic E-state index is 0.326. The maximum absolute atomic E-state index is 6.10. The molecular formula is C17H18N4O2. The Morgan fingerprint density at radius 2 is 1.96 bits per heavy atom. The Morgan fingerprint density at radius 1 is 1.17 bits per heavy atom. The van der Waals surface area contributed by atoms with Gasteiger partial charge in [0.2, 0.25) is 5.88 Å². The molecule has 2 heterocycles. The highest BCUT2D eigenvalue weighted by atomic mass is 16.5. The zero-order chi connectivity index (χ0) is 16.2. The maximum atomic E-state index is 6.10. The molecule has 0 aliphatic rings. The van der Waals surface area contributed by atoms with Crippen molar-refractivity contribution in [1.82, 2.24) is 9.97 Å². The second-order valence-corrected chi connectivity index (χ2v) is 5.30. The number of benzene rings is 1. The number of nitrogen functional groups attached to an aromatic ring is 1. The summed E-state index contributed by atoms with van der Waals surface area (Å²) in [5.41, 5.74) is 8.69. The van der Waals surface area contributed by atoms with E-state index in [4.69, 9.17) is 14.9 Å². The fourth-order valence-electron chi connectivity index (χ4n) is 2.29. The Kier molecular flexibility index (Phi) is 4.14. The zero-order valence-corrected chi connectivity index (χ0v) is 13.0. The molecule has 118 valence electrons. The van der Waals surface area contributed by atoms with Gasteiger partial charge in [0.15, 0.2) is 5.82 Å². The summed E-state index contributed by atoms with van der Waals surface area (Å²) in [7, 11) is 0. The lowest BCUT2D eigenvalue weighted by atomic mass is 10.1. The van der Waals surface area contributed by atoms with Crippen molar-refractivity contribution in [2.24, 2.45) is 0 Å². The van der Waals surface area contributed by atoms with Gasteiger partial charge in [0.1, 0.15) is 23.5 Å². The maximum Gasteiger partial charge on any atom is 0.248 e. The summed E-state index contributed by atoms with van der Waals surface area (Å²) in [5.74, 6) is 2.33. The third kappa shape index (κ3) is 3.60. The van der Waals surface area contributed by atoms with Crippen LogP contribution in [0.4, 0.5) is 11.5 Å². The average molecular weight is 310 g/mol. The third-order valence-electron chi connectivity index (χ3n) is 3.27. The van der Waals surface area contributed by atoms with Gasteiger partial charge in [-0.15, -0.1) is 0 Å². The summed E-state index contributed by atoms with van der Waals surface area (Å²) in [6.07, 6.45) is 3.04. The lowest BCUT2D eigenvalue weighted by Crippen LogP contribution is -2.06. The summed E-state index contributed by atoms with van der Waals surface area (Å²) in [4.78, 5) is 8.26. The van der Waals surface area contributed by atoms with Crippen molar-refractivity contribution >= 4 is 11.5 Å². The Hall–Kier alpha value is -3.02. The van der Waals surface area contributed by atoms with Gasteiger partial charge >= 0.3 is 0 Å². The summed E-state index contributed by atoms with van der Waals surface area (Å²) in [5, 5.41) is 3.11. The highest BCUT2D eigenvalue weighted by Gasteiger charge is 2.11. The van der Waals surface area contributed by atoms with Gasteiger partial charge in [0, 0.05) is 0 Å². The monoisotopic (exact) mass is 310 g/mol. The fourth-order valence-corrected chi connectivity index (χ4v) is 2.29. The molecule has 0 aliphatic carbocycles. The molecular weight excluding hydrogens is 292 g/mol. The second-order valence-electron chi connectivity index (χ2n) is 5.30. The van der Waals surface area contributed by atoms with Crippen molar-refractivity contribution in [1.29, 1.82) is 0 Å². The molecule has 0 atom stereocenters. The first-order chi connectivity index (χ1) is 11.1. The van der Waals surface area contributed by atoms with E-state index in [1.54, 1.807) is 6.26 Å². The minimum Gasteiger partial charge on any atom is -0.467 e. The predicted octanol–water partition coefficient (Wildman–Crippen LogP) is 3.67. The first-order valence-corrected chi connectivity index (χ1v) is 7.24. The Bertz CT molecular complexity index is 780. The normalized spacial score (nSPS) is 10.5. The number of rotatable bonds is 5. The predicted molar refractivity (Wildman–Crippen MR) is 88.5 cm³/mol. The van der Waals surface area contributed by atoms with Gasteiger partial charge < -0.3 is 20.2 Å². The van der Waals surface area contributed by atoms with Gasteiger partial charge in [-0.2, -0.15) is 4.98 Å². The lowest BCUT2D eigenvalue weighted by molar-refractivity contribution is 0.463. The average Bonchev–Trinajstić information content (AvgIpc) is 3.00. The second kappa shape index (κ2) is 6.39. The van der Waals surface area contributed by atoms with E-state index in [0.717, 1.165) is 16.9 Å². The van der Waals surface area contributed by atoms with Gasteiger partial charge in [0.05, 0.1) is 12.8 Å². The number of nitrogens with two attached hydrogens (primary N) is 1. The van der Waals surface area contributed by atoms with Crippen LogP contribution in [0.2, 0.25) is 0 Å². The van der Waals surface area contributed by atoms with E-state index in [2.05, 4.69) is 21.4 Å². The van der Waals surface area contributed by atoms with Crippen molar-refractivity contribution < 1.29 is 9.15 Å². The van der Waals surface area contributed by atoms with Crippen LogP contribution < -0.4 is 15.8 Å². The molecule has 0 amide bonds. The topological polar surface area (TPSA) is 86.2 Å². The van der Waals surface area contributed by atoms with E-state index >= 15 is 0 Å². The van der Waals surface area contributed by atoms with E-state index in [1.165, 1.54) is 6.33 Å². The molecule has 0 bridgehead atoms. The Labute approximate surface area is 134 Å². The van der Waals surface area contributed by atoms with Crippen LogP contribution in [-0.2, 0) is 6.54 Å². The lowest BCUT2D eigenvalue weighted by Gasteiger charge is -2.12. The molecule has 0 fully saturated rings. The molecule has 0 unspecified atom stereocenters. The van der Waals surface area contributed by atoms with Crippen LogP contribution in [-0.4, -0.2) is 9.97 Å². The number of ether oxygens (including phenoxy) is 1. The molecule has 0 spiro atoms. The number of hydrogen-bond donors (Lipinski definition) is 2. The van der Waals surface area contributed by atoms with Crippen molar-refractivity contribution in [3.05, 3.63) is 59.8 Å². The molecule has 3 aromatic rings. The van der Waals surface area contributed by atoms with Crippen molar-refractivity contribution in [3.63, 3.8) is 0 Å². The zero-order valence-electron chi connectivity index (χ0n) is 13.0. The fraction of sp³-hybridized carbons (Fsp3) is 0.176. The van der Waals surface area contributed by atoms with Gasteiger partial charge in [-0.05, 0) is 49.2 Å². The molecule has 0 radical (unpaired) electrons. The van der Waals surface area contributed by atoms with Crippen molar-refractivity contribution in [2.45, 2.75) is 20.4 Å². The summed E-state index contributed by atoms with van der Waals surface area (Å²) in [6, 6.07) is 9.65. The summed E-state index contributed by atoms with van der Waals surface area (Å²) in [6.45, 7) is 4.51. The van der Waals surface area contributed by atoms with E-state index in [-0.39, 0.29) is 0 Å². The molecule has 2 aromatic heterocycles. The number of furan rings is 1. The van der Waals surface area contributed by atoms with Crippen LogP contribution in [0.3, 0.4) is 0 Å². The smallest absolute Gasteiger partial charge is 0.248 e. The van der Waals surface area contributed by atoms with E-state index < -0.39 is 0 Å². The van der Waals surface area contributed by atoms with Gasteiger partial charge in [-0.1, -0.05) is 6.07 Å². The number of anilines is 2. The quantitative estimate of drug-likeness (QED) is 0.747. The van der Waals surface area contributed by atoms with Gasteiger partial charge in [-0.25, -0.2) is 4.98 Å². The van der Waals surface area contributed by atoms with Crippen LogP contribution in [0.1, 0.15) is 16.9 Å². The molecule has 0 aliphatic heterocycles. The standard InChI is InChI=1S/C17H18N4O2/c1-11-6-12(2)8-14(7-11)23-17-15(18)16(20-10-21-17)19-9-13-4-3-5-22-13/h3-8,10H,9,18H2,1-2H3,(H,19,20,21). The molecule has 6 heteroatoms. The van der Waals surface area contributed by atoms with Crippen LogP contribution in [0.25, 0.3) is 0 Å². The van der Waals surface area contributed by atoms with Crippen LogP contribution in [0.15, 0.2) is 47.3 Å². The third-order valence-corrected chi connectivity index (χ3v) is 3.27. The molecule has 3 rings (SSSR count). The summed E-state index contributed by atoms with van der Waals surface area (Å²) < 4.78 is 11.1. The Balaban J connectivity index is 1.78. The highest BCUT2D eigenvalue weighted by Crippen LogP contribution is 2.30. The molecule has 3 N–H and O–H groups in total. The number of aromatic nitrogens is 2. The van der Waals surface area contributed by atoms with E-state index in [9.17, 15) is 0 Å². The number of nitrogens with one attached hydrogen (secondary N) is 1. The summed E-state index contributed by atoms with van der Waals surface area (Å²) >= 11 is 0. The first kappa shape index (κ1) is 14.9. The van der Waals surface area contributed by atoms with Gasteiger partial charge in [0.25, 0.3) is 0 Å². The van der Waals surface area contributed by atoms with Crippen LogP contribution >= 0.6 is 0 Å². The van der Waals surface area contributed by atoms with E-state index in [1.807, 2.05) is 38.1 Å². The Morgan fingerprint density at radius 3 is 2.65 bits per heavy atom. The van der Waals surface area contributed by atoms with Gasteiger partial charge in [-0.3, -0.25) is 0 Å². The number of nitrogens with zero attached hydrogens (tertiary/aromatic N) is 2. The first-order valence-electron chi connectivity index (χ1n) is 7.24. The molecule has 0 saturated heterocycles. The molecule has 1 aromatic carbocycles. The highest BCUT2D eigenvalue weighted by molar-refractivity contribution is 5.67. The molecule has 23 heavy (non-hydrogen) atoms. The number of hydrogen-bond acceptors (Lipinski definition) is 6. The minimum absolute atomic E-state index is 0.326. The number of aryl methyl sites for hydroxylation is 2. The van der Waals surface area contributed by atoms with Crippen LogP contribution in [0, 0.1) is 13.8 Å². The van der Waals surface area contributed by atoms with Crippen LogP contribution in [0.5, 0.6) is 11.6 Å². The largest absolute Gasteiger partial charge is 0.467 e. The molecule has 0 saturated carbocycles. The molecule has 6 nitrogen and oxygen atoms in total.